The average Bonchev–Trinajstić information content (AvgIpc) is 2.07. The zero-order valence-electron chi connectivity index (χ0n) is 47.6. The molecule has 8 rings (SSSR count). The number of benzene rings is 2. The van der Waals surface area contributed by atoms with Crippen LogP contribution in [0, 0.1) is 24.1 Å². The van der Waals surface area contributed by atoms with E-state index in [0.29, 0.717) is 76.6 Å². The van der Waals surface area contributed by atoms with Crippen LogP contribution < -0.4 is 42.8 Å². The van der Waals surface area contributed by atoms with Gasteiger partial charge in [0.2, 0.25) is 53.2 Å². The van der Waals surface area contributed by atoms with Crippen LogP contribution in [-0.2, 0) is 83.5 Å². The second-order valence-corrected chi connectivity index (χ2v) is 22.7. The second-order valence-electron chi connectivity index (χ2n) is 22.7. The predicted octanol–water partition coefficient (Wildman–Crippen LogP) is 0.980. The number of nitrogens with zero attached hydrogens (tertiary/aromatic N) is 3. The first-order valence-corrected chi connectivity index (χ1v) is 28.2. The van der Waals surface area contributed by atoms with E-state index >= 15 is 4.39 Å². The number of cyclic esters (lactones) is 1. The minimum absolute atomic E-state index is 0.0135. The molecule has 9 N–H and O–H groups in total. The maximum absolute atomic E-state index is 15.3. The summed E-state index contributed by atoms with van der Waals surface area (Å²) in [6.45, 7) is 5.51. The van der Waals surface area contributed by atoms with E-state index in [2.05, 4.69) is 37.2 Å². The number of hydrogen-bond acceptors (Lipinski definition) is 15. The van der Waals surface area contributed by atoms with Crippen molar-refractivity contribution in [3.05, 3.63) is 97.6 Å². The molecular formula is C59H69FN10O15. The van der Waals surface area contributed by atoms with Crippen LogP contribution in [0.3, 0.4) is 0 Å². The van der Waals surface area contributed by atoms with E-state index in [-0.39, 0.29) is 92.6 Å². The Kier molecular flexibility index (Phi) is 19.5. The number of aliphatic hydroxyl groups is 1. The Bertz CT molecular complexity index is 3430. The van der Waals surface area contributed by atoms with Crippen molar-refractivity contribution in [1.29, 1.82) is 0 Å². The summed E-state index contributed by atoms with van der Waals surface area (Å²) in [5.74, 6) is -8.60. The number of aliphatic hydroxyl groups excluding tert-OH is 1. The van der Waals surface area contributed by atoms with Crippen molar-refractivity contribution in [2.24, 2.45) is 11.3 Å². The molecule has 4 aliphatic rings. The molecule has 1 unspecified atom stereocenters. The monoisotopic (exact) mass is 1180 g/mol. The zero-order chi connectivity index (χ0) is 61.4. The highest BCUT2D eigenvalue weighted by Crippen LogP contribution is 2.45. The molecule has 0 radical (unpaired) electrons. The summed E-state index contributed by atoms with van der Waals surface area (Å²) in [5.41, 5.74) is 3.57. The van der Waals surface area contributed by atoms with E-state index in [1.165, 1.54) is 21.6 Å². The maximum atomic E-state index is 15.3. The van der Waals surface area contributed by atoms with Crippen LogP contribution >= 0.6 is 0 Å². The molecule has 2 aromatic carbocycles. The molecule has 25 nitrogen and oxygen atoms in total. The number of nitrogens with one attached hydrogen (secondary N) is 7. The number of halogens is 1. The second kappa shape index (κ2) is 26.7. The number of ether oxygens (including phenoxy) is 1. The van der Waals surface area contributed by atoms with Crippen molar-refractivity contribution in [2.75, 3.05) is 32.7 Å². The van der Waals surface area contributed by atoms with Gasteiger partial charge >= 0.3 is 11.9 Å². The Morgan fingerprint density at radius 3 is 2.15 bits per heavy atom. The third-order valence-electron chi connectivity index (χ3n) is 15.7. The van der Waals surface area contributed by atoms with Gasteiger partial charge in [0, 0.05) is 61.4 Å². The number of carbonyl (C=O) groups is 11. The molecule has 9 amide bonds. The van der Waals surface area contributed by atoms with Gasteiger partial charge in [-0.15, -0.1) is 0 Å². The quantitative estimate of drug-likeness (QED) is 0.0223. The number of pyridine rings is 2. The van der Waals surface area contributed by atoms with Crippen LogP contribution in [0.4, 0.5) is 4.39 Å². The Morgan fingerprint density at radius 2 is 1.46 bits per heavy atom. The van der Waals surface area contributed by atoms with E-state index in [9.17, 15) is 67.7 Å². The molecule has 3 aliphatic heterocycles. The van der Waals surface area contributed by atoms with E-state index in [1.807, 2.05) is 20.8 Å². The topological polar surface area (TPSA) is 360 Å². The zero-order valence-corrected chi connectivity index (χ0v) is 47.6. The standard InChI is InChI=1S/C59H69FN10O15/c1-30-32-16-17-38(51-34-28-70-42(52(34)68-39(50(32)51)23-37(30)60)21-33-35(56(70)82)29-85-58(84)53(33)79)65-44(72)15-11-18-61-45(73)25-63-54(80)40(20-31-12-7-5-8-13-31)67-47(75)27-62-46(74)26-64-55(81)41(24-49(77)78)66-43(71)14-9-6-10-19-69-48(76)22-36(57(69)83)59(2,3)4/h5,7-8,12-13,21,23,36,38,40-41,53,79H,6,9-11,14-20,22,24-29H2,1-4H3,(H,61,73)(H,62,74)(H,63,80)(H,64,81)(H,65,72)(H,66,71)(H,67,75)(H,77,78)/t36?,38-,40-,41-,53-/m0/s1. The number of fused-ring (bicyclic) bond motifs is 5. The van der Waals surface area contributed by atoms with Crippen molar-refractivity contribution in [2.45, 2.75) is 136 Å². The van der Waals surface area contributed by atoms with Gasteiger partial charge in [-0.1, -0.05) is 57.5 Å². The van der Waals surface area contributed by atoms with Crippen LogP contribution in [0.2, 0.25) is 0 Å². The third kappa shape index (κ3) is 14.7. The van der Waals surface area contributed by atoms with Crippen LogP contribution in [-0.4, -0.2) is 135 Å². The fraction of sp³-hybridized carbons (Fsp3) is 0.475. The van der Waals surface area contributed by atoms with Crippen molar-refractivity contribution in [1.82, 2.24) is 51.7 Å². The lowest BCUT2D eigenvalue weighted by atomic mass is 9.80. The summed E-state index contributed by atoms with van der Waals surface area (Å²) in [6, 6.07) is 8.13. The average molecular weight is 1180 g/mol. The molecule has 452 valence electrons. The fourth-order valence-corrected chi connectivity index (χ4v) is 11.2. The highest BCUT2D eigenvalue weighted by Gasteiger charge is 2.44. The first-order valence-electron chi connectivity index (χ1n) is 28.2. The number of likely N-dealkylation sites (tertiary alicyclic amines) is 1. The number of aromatic nitrogens is 2. The largest absolute Gasteiger partial charge is 0.481 e. The number of imide groups is 1. The predicted molar refractivity (Wildman–Crippen MR) is 299 cm³/mol. The minimum Gasteiger partial charge on any atom is -0.481 e. The Morgan fingerprint density at radius 1 is 0.788 bits per heavy atom. The Labute approximate surface area is 487 Å². The number of aryl methyl sites for hydroxylation is 1. The lowest BCUT2D eigenvalue weighted by molar-refractivity contribution is -0.157. The van der Waals surface area contributed by atoms with Gasteiger partial charge in [0.15, 0.2) is 6.10 Å². The van der Waals surface area contributed by atoms with Crippen molar-refractivity contribution in [3.63, 3.8) is 0 Å². The van der Waals surface area contributed by atoms with Crippen molar-refractivity contribution in [3.8, 4) is 11.4 Å². The maximum Gasteiger partial charge on any atom is 0.340 e. The lowest BCUT2D eigenvalue weighted by Gasteiger charge is -2.29. The minimum atomic E-state index is -1.67. The molecular weight excluding hydrogens is 1110 g/mol. The molecule has 0 bridgehead atoms. The third-order valence-corrected chi connectivity index (χ3v) is 15.7. The van der Waals surface area contributed by atoms with Gasteiger partial charge in [0.1, 0.15) is 24.5 Å². The van der Waals surface area contributed by atoms with Crippen LogP contribution in [0.1, 0.15) is 130 Å². The SMILES string of the molecule is Cc1c(F)cc2nc3c(c4c2c1CC[C@@H]4NC(=O)CCCNC(=O)CNC(=O)[C@H](Cc1ccccc1)NC(=O)CNC(=O)CNC(=O)[C@H](CC(=O)O)NC(=O)CCCCCN1C(=O)CC(C(C)(C)C)C1=O)Cn1c-3cc2c(c1=O)COC(=O)[C@H]2O. The van der Waals surface area contributed by atoms with E-state index < -0.39 is 115 Å². The molecule has 1 fully saturated rings. The summed E-state index contributed by atoms with van der Waals surface area (Å²) in [5, 5.41) is 38.4. The fourth-order valence-electron chi connectivity index (χ4n) is 11.2. The first-order chi connectivity index (χ1) is 40.4. The molecule has 0 spiro atoms. The number of rotatable bonds is 25. The van der Waals surface area contributed by atoms with Crippen LogP contribution in [0.15, 0.2) is 47.3 Å². The molecule has 5 heterocycles. The van der Waals surface area contributed by atoms with Gasteiger partial charge in [-0.05, 0) is 72.8 Å². The highest BCUT2D eigenvalue weighted by molar-refractivity contribution is 6.04. The summed E-state index contributed by atoms with van der Waals surface area (Å²) in [4.78, 5) is 160. The van der Waals surface area contributed by atoms with Crippen LogP contribution in [0.25, 0.3) is 22.3 Å². The highest BCUT2D eigenvalue weighted by atomic mass is 19.1. The van der Waals surface area contributed by atoms with Gasteiger partial charge in [-0.3, -0.25) is 57.6 Å². The van der Waals surface area contributed by atoms with Gasteiger partial charge in [-0.2, -0.15) is 0 Å². The number of carbonyl (C=O) groups excluding carboxylic acids is 10. The van der Waals surface area contributed by atoms with Crippen molar-refractivity contribution < 1.29 is 72.1 Å². The van der Waals surface area contributed by atoms with Gasteiger partial charge in [0.05, 0.1) is 67.0 Å². The summed E-state index contributed by atoms with van der Waals surface area (Å²) in [6.07, 6.45) is -0.207. The number of carboxylic acid groups (broad SMARTS) is 1. The Balaban J connectivity index is 0.773. The normalized spacial score (nSPS) is 17.4. The number of hydrogen-bond donors (Lipinski definition) is 9. The molecule has 26 heteroatoms. The number of amides is 9. The lowest BCUT2D eigenvalue weighted by Crippen LogP contribution is -2.53. The van der Waals surface area contributed by atoms with Crippen LogP contribution in [0.5, 0.6) is 0 Å². The first kappa shape index (κ1) is 62.1. The molecule has 4 aromatic rings. The smallest absolute Gasteiger partial charge is 0.340 e. The molecule has 0 saturated carbocycles. The van der Waals surface area contributed by atoms with Gasteiger partial charge in [-0.25, -0.2) is 14.2 Å². The van der Waals surface area contributed by atoms with Crippen molar-refractivity contribution >= 4 is 76.0 Å². The number of esters is 1. The Hall–Kier alpha value is -8.94. The summed E-state index contributed by atoms with van der Waals surface area (Å²) < 4.78 is 21.8. The van der Waals surface area contributed by atoms with Gasteiger partial charge in [0.25, 0.3) is 5.56 Å². The number of aliphatic carboxylic acids is 1. The van der Waals surface area contributed by atoms with Gasteiger partial charge < -0.3 is 56.7 Å². The molecule has 1 aliphatic carbocycles. The van der Waals surface area contributed by atoms with E-state index in [1.54, 1.807) is 37.3 Å². The summed E-state index contributed by atoms with van der Waals surface area (Å²) >= 11 is 0. The summed E-state index contributed by atoms with van der Waals surface area (Å²) in [7, 11) is 0. The number of carboxylic acids is 1. The number of unbranched alkanes of at least 4 members (excludes halogenated alkanes) is 2. The molecule has 2 aromatic heterocycles. The molecule has 5 atom stereocenters. The molecule has 1 saturated heterocycles. The van der Waals surface area contributed by atoms with E-state index in [0.717, 1.165) is 5.56 Å². The molecule has 85 heavy (non-hydrogen) atoms. The van der Waals surface area contributed by atoms with E-state index in [4.69, 9.17) is 9.72 Å².